The minimum atomic E-state index is 0.549. The number of hydrogen-bond donors (Lipinski definition) is 1. The number of hydrogen-bond acceptors (Lipinski definition) is 2. The quantitative estimate of drug-likeness (QED) is 0.755. The second-order valence-corrected chi connectivity index (χ2v) is 6.24. The molecule has 20 heavy (non-hydrogen) atoms. The van der Waals surface area contributed by atoms with Gasteiger partial charge < -0.3 is 10.5 Å². The zero-order chi connectivity index (χ0) is 15.1. The Bertz CT molecular complexity index is 412. The van der Waals surface area contributed by atoms with Crippen molar-refractivity contribution in [2.75, 3.05) is 13.2 Å². The minimum absolute atomic E-state index is 0.549. The highest BCUT2D eigenvalue weighted by atomic mass is 16.5. The third-order valence-electron chi connectivity index (χ3n) is 3.70. The lowest BCUT2D eigenvalue weighted by Gasteiger charge is -2.22. The fourth-order valence-electron chi connectivity index (χ4n) is 2.68. The maximum Gasteiger partial charge on any atom is 0.125 e. The van der Waals surface area contributed by atoms with E-state index < -0.39 is 0 Å². The third-order valence-corrected chi connectivity index (χ3v) is 3.70. The number of benzene rings is 1. The lowest BCUT2D eigenvalue weighted by atomic mass is 9.88. The van der Waals surface area contributed by atoms with Gasteiger partial charge in [-0.15, -0.1) is 0 Å². The molecule has 2 nitrogen and oxygen atoms in total. The van der Waals surface area contributed by atoms with Crippen molar-refractivity contribution in [3.05, 3.63) is 28.8 Å². The zero-order valence-corrected chi connectivity index (χ0v) is 13.8. The Labute approximate surface area is 124 Å². The molecule has 1 rings (SSSR count). The number of ether oxygens (including phenoxy) is 1. The molecule has 0 aliphatic carbocycles. The molecule has 0 fully saturated rings. The van der Waals surface area contributed by atoms with Crippen molar-refractivity contribution >= 4 is 0 Å². The van der Waals surface area contributed by atoms with Crippen LogP contribution >= 0.6 is 0 Å². The Hall–Kier alpha value is -1.02. The number of nitrogens with two attached hydrogens (primary N) is 1. The summed E-state index contributed by atoms with van der Waals surface area (Å²) in [6, 6.07) is 4.52. The van der Waals surface area contributed by atoms with E-state index in [1.165, 1.54) is 16.7 Å². The summed E-state index contributed by atoms with van der Waals surface area (Å²) >= 11 is 0. The van der Waals surface area contributed by atoms with Crippen LogP contribution in [-0.2, 0) is 0 Å². The van der Waals surface area contributed by atoms with Gasteiger partial charge in [0.1, 0.15) is 5.75 Å². The fourth-order valence-corrected chi connectivity index (χ4v) is 2.68. The van der Waals surface area contributed by atoms with Crippen LogP contribution in [0.25, 0.3) is 0 Å². The molecule has 0 aliphatic heterocycles. The average Bonchev–Trinajstić information content (AvgIpc) is 2.38. The number of aryl methyl sites for hydroxylation is 2. The van der Waals surface area contributed by atoms with Gasteiger partial charge in [-0.2, -0.15) is 0 Å². The monoisotopic (exact) mass is 277 g/mol. The standard InChI is InChI=1S/C18H31NO/c1-6-16(8-7-9-19)17-11-14(4)10-15(5)18(17)20-12-13(2)3/h10-11,13,16H,6-9,12,19H2,1-5H3. The Morgan fingerprint density at radius 2 is 1.90 bits per heavy atom. The molecule has 0 amide bonds. The van der Waals surface area contributed by atoms with E-state index in [-0.39, 0.29) is 0 Å². The average molecular weight is 277 g/mol. The second-order valence-electron chi connectivity index (χ2n) is 6.24. The van der Waals surface area contributed by atoms with Gasteiger partial charge in [-0.05, 0) is 62.6 Å². The van der Waals surface area contributed by atoms with E-state index in [0.717, 1.165) is 38.2 Å². The summed E-state index contributed by atoms with van der Waals surface area (Å²) in [5.41, 5.74) is 9.63. The molecule has 0 aromatic heterocycles. The smallest absolute Gasteiger partial charge is 0.125 e. The van der Waals surface area contributed by atoms with E-state index in [2.05, 4.69) is 46.8 Å². The van der Waals surface area contributed by atoms with Gasteiger partial charge in [0, 0.05) is 0 Å². The van der Waals surface area contributed by atoms with Crippen LogP contribution in [-0.4, -0.2) is 13.2 Å². The third kappa shape index (κ3) is 4.82. The SMILES string of the molecule is CCC(CCCN)c1cc(C)cc(C)c1OCC(C)C. The van der Waals surface area contributed by atoms with E-state index in [9.17, 15) is 0 Å². The maximum absolute atomic E-state index is 6.12. The van der Waals surface area contributed by atoms with Crippen LogP contribution in [0.3, 0.4) is 0 Å². The van der Waals surface area contributed by atoms with Gasteiger partial charge >= 0.3 is 0 Å². The predicted molar refractivity (Wildman–Crippen MR) is 87.6 cm³/mol. The Morgan fingerprint density at radius 1 is 1.20 bits per heavy atom. The first-order valence-electron chi connectivity index (χ1n) is 7.93. The highest BCUT2D eigenvalue weighted by molar-refractivity contribution is 5.45. The van der Waals surface area contributed by atoms with Gasteiger partial charge in [0.15, 0.2) is 0 Å². The normalized spacial score (nSPS) is 12.8. The first-order valence-corrected chi connectivity index (χ1v) is 7.93. The van der Waals surface area contributed by atoms with Crippen molar-refractivity contribution in [2.45, 2.75) is 59.8 Å². The Balaban J connectivity index is 3.06. The maximum atomic E-state index is 6.12. The molecule has 114 valence electrons. The van der Waals surface area contributed by atoms with E-state index in [4.69, 9.17) is 10.5 Å². The summed E-state index contributed by atoms with van der Waals surface area (Å²) in [4.78, 5) is 0. The first-order chi connectivity index (χ1) is 9.49. The second kappa shape index (κ2) is 8.31. The van der Waals surface area contributed by atoms with E-state index in [0.29, 0.717) is 11.8 Å². The largest absolute Gasteiger partial charge is 0.493 e. The van der Waals surface area contributed by atoms with Gasteiger partial charge in [0.2, 0.25) is 0 Å². The zero-order valence-electron chi connectivity index (χ0n) is 13.8. The van der Waals surface area contributed by atoms with Crippen LogP contribution in [0.5, 0.6) is 5.75 Å². The van der Waals surface area contributed by atoms with Crippen LogP contribution in [0.4, 0.5) is 0 Å². The van der Waals surface area contributed by atoms with Crippen molar-refractivity contribution in [1.82, 2.24) is 0 Å². The van der Waals surface area contributed by atoms with Crippen molar-refractivity contribution in [3.63, 3.8) is 0 Å². The summed E-state index contributed by atoms with van der Waals surface area (Å²) in [7, 11) is 0. The van der Waals surface area contributed by atoms with Crippen LogP contribution in [0.15, 0.2) is 12.1 Å². The van der Waals surface area contributed by atoms with Crippen LogP contribution in [0.2, 0.25) is 0 Å². The van der Waals surface area contributed by atoms with Crippen LogP contribution in [0.1, 0.15) is 62.6 Å². The van der Waals surface area contributed by atoms with Crippen molar-refractivity contribution in [2.24, 2.45) is 11.7 Å². The molecular weight excluding hydrogens is 246 g/mol. The predicted octanol–water partition coefficient (Wildman–Crippen LogP) is 4.57. The Kier molecular flexibility index (Phi) is 7.08. The summed E-state index contributed by atoms with van der Waals surface area (Å²) in [6.45, 7) is 12.5. The van der Waals surface area contributed by atoms with Crippen LogP contribution < -0.4 is 10.5 Å². The van der Waals surface area contributed by atoms with Gasteiger partial charge in [-0.25, -0.2) is 0 Å². The molecule has 0 bridgehead atoms. The fraction of sp³-hybridized carbons (Fsp3) is 0.667. The van der Waals surface area contributed by atoms with Crippen molar-refractivity contribution in [1.29, 1.82) is 0 Å². The summed E-state index contributed by atoms with van der Waals surface area (Å²) in [6.07, 6.45) is 3.37. The lowest BCUT2D eigenvalue weighted by Crippen LogP contribution is -2.11. The molecule has 2 heteroatoms. The van der Waals surface area contributed by atoms with E-state index in [1.807, 2.05) is 0 Å². The molecule has 2 N–H and O–H groups in total. The summed E-state index contributed by atoms with van der Waals surface area (Å²) < 4.78 is 6.12. The van der Waals surface area contributed by atoms with Gasteiger partial charge in [-0.3, -0.25) is 0 Å². The van der Waals surface area contributed by atoms with Crippen molar-refractivity contribution in [3.8, 4) is 5.75 Å². The van der Waals surface area contributed by atoms with E-state index in [1.54, 1.807) is 0 Å². The molecule has 0 saturated carbocycles. The van der Waals surface area contributed by atoms with Crippen molar-refractivity contribution < 1.29 is 4.74 Å². The molecule has 0 aliphatic rings. The molecule has 0 saturated heterocycles. The summed E-state index contributed by atoms with van der Waals surface area (Å²) in [5.74, 6) is 2.21. The lowest BCUT2D eigenvalue weighted by molar-refractivity contribution is 0.264. The highest BCUT2D eigenvalue weighted by Gasteiger charge is 2.17. The first kappa shape index (κ1) is 17.0. The molecule has 0 spiro atoms. The molecule has 1 aromatic carbocycles. The topological polar surface area (TPSA) is 35.2 Å². The van der Waals surface area contributed by atoms with Gasteiger partial charge in [0.05, 0.1) is 6.61 Å². The summed E-state index contributed by atoms with van der Waals surface area (Å²) in [5, 5.41) is 0. The minimum Gasteiger partial charge on any atom is -0.493 e. The molecular formula is C18H31NO. The van der Waals surface area contributed by atoms with E-state index >= 15 is 0 Å². The van der Waals surface area contributed by atoms with Gasteiger partial charge in [-0.1, -0.05) is 38.5 Å². The molecule has 0 radical (unpaired) electrons. The van der Waals surface area contributed by atoms with Crippen LogP contribution in [0, 0.1) is 19.8 Å². The Morgan fingerprint density at radius 3 is 2.45 bits per heavy atom. The number of rotatable bonds is 8. The van der Waals surface area contributed by atoms with Gasteiger partial charge in [0.25, 0.3) is 0 Å². The highest BCUT2D eigenvalue weighted by Crippen LogP contribution is 2.36. The molecule has 1 unspecified atom stereocenters. The molecule has 1 aromatic rings. The molecule has 1 atom stereocenters. The molecule has 0 heterocycles.